The lowest BCUT2D eigenvalue weighted by molar-refractivity contribution is 0.808. The molecule has 2 rings (SSSR count). The molecule has 0 aliphatic heterocycles. The molecule has 1 heterocycles. The molecule has 4 heteroatoms. The van der Waals surface area contributed by atoms with Crippen LogP contribution in [0.2, 0.25) is 0 Å². The molecule has 0 saturated carbocycles. The Balaban J connectivity index is 2.46. The maximum absolute atomic E-state index is 5.81. The summed E-state index contributed by atoms with van der Waals surface area (Å²) >= 11 is 5.16. The quantitative estimate of drug-likeness (QED) is 0.913. The van der Waals surface area contributed by atoms with Crippen molar-refractivity contribution in [1.82, 2.24) is 4.98 Å². The molecule has 2 nitrogen and oxygen atoms in total. The van der Waals surface area contributed by atoms with Crippen molar-refractivity contribution in [2.75, 3.05) is 0 Å². The lowest BCUT2D eigenvalue weighted by Crippen LogP contribution is -2.03. The van der Waals surface area contributed by atoms with E-state index in [-0.39, 0.29) is 6.04 Å². The van der Waals surface area contributed by atoms with Gasteiger partial charge < -0.3 is 5.73 Å². The van der Waals surface area contributed by atoms with Gasteiger partial charge in [-0.05, 0) is 26.0 Å². The van der Waals surface area contributed by atoms with Gasteiger partial charge in [-0.15, -0.1) is 11.3 Å². The maximum atomic E-state index is 5.81. The van der Waals surface area contributed by atoms with Crippen LogP contribution in [0.4, 0.5) is 0 Å². The predicted molar refractivity (Wildman–Crippen MR) is 72.6 cm³/mol. The third-order valence-electron chi connectivity index (χ3n) is 2.31. The summed E-state index contributed by atoms with van der Waals surface area (Å²) in [5.41, 5.74) is 9.16. The van der Waals surface area contributed by atoms with Gasteiger partial charge in [-0.3, -0.25) is 0 Å². The predicted octanol–water partition coefficient (Wildman–Crippen LogP) is 3.90. The number of benzene rings is 1. The minimum absolute atomic E-state index is 0.00216. The van der Waals surface area contributed by atoms with Crippen LogP contribution < -0.4 is 5.73 Å². The fraction of sp³-hybridized carbons (Fsp3) is 0.250. The van der Waals surface area contributed by atoms with E-state index in [1.807, 2.05) is 6.92 Å². The number of nitrogens with zero attached hydrogens (tertiary/aromatic N) is 1. The van der Waals surface area contributed by atoms with Crippen LogP contribution in [0.5, 0.6) is 0 Å². The Labute approximate surface area is 108 Å². The first-order chi connectivity index (χ1) is 7.58. The van der Waals surface area contributed by atoms with Crippen LogP contribution in [0.1, 0.15) is 23.5 Å². The third-order valence-corrected chi connectivity index (χ3v) is 4.05. The number of aryl methyl sites for hydroxylation is 1. The fourth-order valence-electron chi connectivity index (χ4n) is 1.46. The zero-order valence-corrected chi connectivity index (χ0v) is 11.6. The highest BCUT2D eigenvalue weighted by atomic mass is 79.9. The standard InChI is InChI=1S/C12H13BrN2S/c1-7-3-4-10(13)9(5-7)11-6-16-12(15-11)8(2)14/h3-6,8H,14H2,1-2H3. The second-order valence-corrected chi connectivity index (χ2v) is 5.59. The minimum Gasteiger partial charge on any atom is -0.322 e. The summed E-state index contributed by atoms with van der Waals surface area (Å²) in [6.45, 7) is 4.03. The average molecular weight is 297 g/mol. The van der Waals surface area contributed by atoms with Crippen LogP contribution >= 0.6 is 27.3 Å². The van der Waals surface area contributed by atoms with Crippen molar-refractivity contribution in [3.63, 3.8) is 0 Å². The summed E-state index contributed by atoms with van der Waals surface area (Å²) < 4.78 is 1.07. The first-order valence-electron chi connectivity index (χ1n) is 5.05. The van der Waals surface area contributed by atoms with E-state index < -0.39 is 0 Å². The van der Waals surface area contributed by atoms with Gasteiger partial charge in [0.2, 0.25) is 0 Å². The Kier molecular flexibility index (Phi) is 3.42. The van der Waals surface area contributed by atoms with E-state index in [4.69, 9.17) is 5.73 Å². The zero-order valence-electron chi connectivity index (χ0n) is 9.20. The Morgan fingerprint density at radius 3 is 2.81 bits per heavy atom. The number of hydrogen-bond acceptors (Lipinski definition) is 3. The zero-order chi connectivity index (χ0) is 11.7. The van der Waals surface area contributed by atoms with Crippen LogP contribution in [0.15, 0.2) is 28.1 Å². The number of nitrogens with two attached hydrogens (primary N) is 1. The molecule has 0 aliphatic carbocycles. The summed E-state index contributed by atoms with van der Waals surface area (Å²) in [6.07, 6.45) is 0. The smallest absolute Gasteiger partial charge is 0.110 e. The van der Waals surface area contributed by atoms with Crippen molar-refractivity contribution in [1.29, 1.82) is 0 Å². The first kappa shape index (κ1) is 11.8. The van der Waals surface area contributed by atoms with Gasteiger partial charge in [0.15, 0.2) is 0 Å². The number of hydrogen-bond donors (Lipinski definition) is 1. The number of thiazole rings is 1. The Bertz CT molecular complexity index is 505. The number of aromatic nitrogens is 1. The van der Waals surface area contributed by atoms with Crippen molar-refractivity contribution in [3.05, 3.63) is 38.6 Å². The van der Waals surface area contributed by atoms with E-state index in [0.29, 0.717) is 0 Å². The SMILES string of the molecule is Cc1ccc(Br)c(-c2csc(C(C)N)n2)c1. The van der Waals surface area contributed by atoms with E-state index in [1.54, 1.807) is 11.3 Å². The molecule has 0 fully saturated rings. The van der Waals surface area contributed by atoms with Crippen LogP contribution in [0.25, 0.3) is 11.3 Å². The van der Waals surface area contributed by atoms with E-state index >= 15 is 0 Å². The molecule has 1 aromatic carbocycles. The summed E-state index contributed by atoms with van der Waals surface area (Å²) in [5, 5.41) is 3.03. The lowest BCUT2D eigenvalue weighted by atomic mass is 10.1. The van der Waals surface area contributed by atoms with Crippen molar-refractivity contribution >= 4 is 27.3 Å². The number of halogens is 1. The molecule has 0 amide bonds. The van der Waals surface area contributed by atoms with Crippen LogP contribution in [0, 0.1) is 6.92 Å². The molecule has 0 spiro atoms. The van der Waals surface area contributed by atoms with E-state index in [9.17, 15) is 0 Å². The van der Waals surface area contributed by atoms with Crippen molar-refractivity contribution in [2.45, 2.75) is 19.9 Å². The van der Waals surface area contributed by atoms with Crippen LogP contribution in [0.3, 0.4) is 0 Å². The maximum Gasteiger partial charge on any atom is 0.110 e. The minimum atomic E-state index is 0.00216. The van der Waals surface area contributed by atoms with Crippen LogP contribution in [-0.2, 0) is 0 Å². The molecule has 16 heavy (non-hydrogen) atoms. The van der Waals surface area contributed by atoms with Gasteiger partial charge in [-0.2, -0.15) is 0 Å². The highest BCUT2D eigenvalue weighted by Gasteiger charge is 2.10. The monoisotopic (exact) mass is 296 g/mol. The van der Waals surface area contributed by atoms with Gasteiger partial charge >= 0.3 is 0 Å². The molecule has 0 radical (unpaired) electrons. The van der Waals surface area contributed by atoms with E-state index in [2.05, 4.69) is 51.4 Å². The van der Waals surface area contributed by atoms with Gasteiger partial charge in [0.25, 0.3) is 0 Å². The van der Waals surface area contributed by atoms with Gasteiger partial charge in [0, 0.05) is 15.4 Å². The van der Waals surface area contributed by atoms with Gasteiger partial charge in [-0.1, -0.05) is 27.6 Å². The van der Waals surface area contributed by atoms with Crippen molar-refractivity contribution < 1.29 is 0 Å². The van der Waals surface area contributed by atoms with Gasteiger partial charge in [-0.25, -0.2) is 4.98 Å². The molecule has 1 atom stereocenters. The lowest BCUT2D eigenvalue weighted by Gasteiger charge is -2.03. The second kappa shape index (κ2) is 4.65. The molecule has 84 valence electrons. The molecular formula is C12H13BrN2S. The van der Waals surface area contributed by atoms with Gasteiger partial charge in [0.1, 0.15) is 5.01 Å². The molecular weight excluding hydrogens is 284 g/mol. The second-order valence-electron chi connectivity index (χ2n) is 3.84. The van der Waals surface area contributed by atoms with Gasteiger partial charge in [0.05, 0.1) is 11.7 Å². The topological polar surface area (TPSA) is 38.9 Å². The molecule has 2 aromatic rings. The Morgan fingerprint density at radius 1 is 1.44 bits per heavy atom. The first-order valence-corrected chi connectivity index (χ1v) is 6.72. The molecule has 0 saturated heterocycles. The van der Waals surface area contributed by atoms with Crippen LogP contribution in [-0.4, -0.2) is 4.98 Å². The third kappa shape index (κ3) is 2.34. The van der Waals surface area contributed by atoms with Crippen molar-refractivity contribution in [2.24, 2.45) is 5.73 Å². The molecule has 0 aliphatic rings. The largest absolute Gasteiger partial charge is 0.322 e. The molecule has 1 aromatic heterocycles. The van der Waals surface area contributed by atoms with E-state index in [1.165, 1.54) is 5.56 Å². The summed E-state index contributed by atoms with van der Waals surface area (Å²) in [7, 11) is 0. The summed E-state index contributed by atoms with van der Waals surface area (Å²) in [6, 6.07) is 6.26. The van der Waals surface area contributed by atoms with E-state index in [0.717, 1.165) is 20.7 Å². The van der Waals surface area contributed by atoms with Crippen molar-refractivity contribution in [3.8, 4) is 11.3 Å². The molecule has 1 unspecified atom stereocenters. The summed E-state index contributed by atoms with van der Waals surface area (Å²) in [5.74, 6) is 0. The summed E-state index contributed by atoms with van der Waals surface area (Å²) in [4.78, 5) is 4.55. The highest BCUT2D eigenvalue weighted by Crippen LogP contribution is 2.31. The molecule has 0 bridgehead atoms. The molecule has 2 N–H and O–H groups in total. The fourth-order valence-corrected chi connectivity index (χ4v) is 2.68. The Morgan fingerprint density at radius 2 is 2.19 bits per heavy atom. The average Bonchev–Trinajstić information content (AvgIpc) is 2.70. The normalized spacial score (nSPS) is 12.8. The number of rotatable bonds is 2. The highest BCUT2D eigenvalue weighted by molar-refractivity contribution is 9.10. The Hall–Kier alpha value is -0.710.